The summed E-state index contributed by atoms with van der Waals surface area (Å²) in [6.45, 7) is 23.1. The summed E-state index contributed by atoms with van der Waals surface area (Å²) in [7, 11) is 0. The molecular formula is C59H54Co2F10N8O6. The minimum Gasteiger partial charge on any atom is -0.871 e. The number of hydrogen-bond donors (Lipinski definition) is 0. The molecule has 8 rings (SSSR count). The van der Waals surface area contributed by atoms with Gasteiger partial charge in [-0.1, -0.05) is 117 Å². The number of aromatic nitrogens is 6. The fourth-order valence-corrected chi connectivity index (χ4v) is 9.48. The Labute approximate surface area is 502 Å². The van der Waals surface area contributed by atoms with E-state index in [-0.39, 0.29) is 66.7 Å². The molecule has 0 bridgehead atoms. The first-order valence-corrected chi connectivity index (χ1v) is 25.4. The molecule has 6 aromatic carbocycles. The number of carbonyl (C=O) groups is 2. The number of aliphatic imine (C=N–C) groups is 2. The van der Waals surface area contributed by atoms with Crippen molar-refractivity contribution in [3.8, 4) is 22.9 Å². The van der Waals surface area contributed by atoms with Gasteiger partial charge in [-0.3, -0.25) is 9.98 Å². The van der Waals surface area contributed by atoms with Crippen LogP contribution in [0.5, 0.6) is 11.5 Å². The quantitative estimate of drug-likeness (QED) is 0.0330. The van der Waals surface area contributed by atoms with Crippen LogP contribution in [-0.4, -0.2) is 67.4 Å². The van der Waals surface area contributed by atoms with Crippen LogP contribution in [0, 0.1) is 69.0 Å². The first kappa shape index (κ1) is 69.8. The molecule has 0 unspecified atom stereocenters. The smallest absolute Gasteiger partial charge is 0.871 e. The van der Waals surface area contributed by atoms with Gasteiger partial charge in [0, 0.05) is 25.5 Å². The third-order valence-electron chi connectivity index (χ3n) is 12.6. The fourth-order valence-electron chi connectivity index (χ4n) is 9.48. The summed E-state index contributed by atoms with van der Waals surface area (Å²) in [5.74, 6) is -29.1. The standard InChI is InChI=1S/C45H56N8O2.2C7HF5O2.2Co/c1-42(2,3)28-44(7,8)32-22-30(40(54)38(24-32)52-48-34-16-11-12-17-35(34)49-52)26-46-20-15-21-47-27-31-23-33(45(9,10)29-43(4,5)6)25-39(41(31)55)53-50-36-18-13-14-19-37(36)51-53;2*8-2-1(7(13)14)3(9)5(11)6(12)4(2)10;;/h11-14,16-19,22-27,54-55H,15,20-21,28-29H2,1-10H3;2*(H,13,14);;/q;;;2*+2/p-4. The molecule has 454 valence electrons. The number of halogens is 10. The summed E-state index contributed by atoms with van der Waals surface area (Å²) in [5.41, 5.74) is 2.55. The number of carbonyl (C=O) groups excluding carboxylic acids is 2. The van der Waals surface area contributed by atoms with Gasteiger partial charge in [0.05, 0.1) is 34.4 Å². The van der Waals surface area contributed by atoms with E-state index in [0.717, 1.165) is 46.0 Å². The van der Waals surface area contributed by atoms with Crippen LogP contribution >= 0.6 is 0 Å². The number of carboxylic acids is 2. The minimum atomic E-state index is -2.47. The van der Waals surface area contributed by atoms with Crippen molar-refractivity contribution in [2.75, 3.05) is 13.1 Å². The number of aromatic carboxylic acids is 2. The molecule has 2 aromatic heterocycles. The van der Waals surface area contributed by atoms with Crippen LogP contribution in [0.2, 0.25) is 0 Å². The van der Waals surface area contributed by atoms with Gasteiger partial charge in [-0.2, -0.15) is 9.59 Å². The molecule has 0 amide bonds. The Hall–Kier alpha value is -7.69. The molecule has 26 heteroatoms. The van der Waals surface area contributed by atoms with E-state index >= 15 is 0 Å². The van der Waals surface area contributed by atoms with Crippen LogP contribution in [0.15, 0.2) is 82.8 Å². The van der Waals surface area contributed by atoms with Crippen LogP contribution < -0.4 is 20.4 Å². The molecule has 0 aliphatic rings. The topological polar surface area (TPSA) is 213 Å². The Kier molecular flexibility index (Phi) is 22.6. The van der Waals surface area contributed by atoms with E-state index in [1.807, 2.05) is 72.8 Å². The van der Waals surface area contributed by atoms with Gasteiger partial charge >= 0.3 is 33.6 Å². The third-order valence-corrected chi connectivity index (χ3v) is 12.6. The second kappa shape index (κ2) is 27.6. The number of rotatable bonds is 14. The first-order chi connectivity index (χ1) is 38.5. The van der Waals surface area contributed by atoms with E-state index in [0.29, 0.717) is 42.0 Å². The fraction of sp³-hybridized carbons (Fsp3) is 0.322. The van der Waals surface area contributed by atoms with E-state index < -0.39 is 81.2 Å². The van der Waals surface area contributed by atoms with Gasteiger partial charge in [0.2, 0.25) is 11.6 Å². The van der Waals surface area contributed by atoms with E-state index in [9.17, 15) is 73.9 Å². The molecule has 0 saturated carbocycles. The average molecular weight is 1280 g/mol. The molecular weight excluding hydrogens is 1220 g/mol. The van der Waals surface area contributed by atoms with Crippen LogP contribution in [-0.2, 0) is 44.4 Å². The van der Waals surface area contributed by atoms with Crippen molar-refractivity contribution in [3.63, 3.8) is 0 Å². The second-order valence-electron chi connectivity index (χ2n) is 22.9. The van der Waals surface area contributed by atoms with Crippen molar-refractivity contribution in [2.45, 2.75) is 99.3 Å². The molecule has 0 atom stereocenters. The van der Waals surface area contributed by atoms with Gasteiger partial charge in [-0.15, -0.1) is 20.4 Å². The van der Waals surface area contributed by atoms with Gasteiger partial charge in [0.1, 0.15) is 22.1 Å². The van der Waals surface area contributed by atoms with E-state index in [1.54, 1.807) is 12.4 Å². The molecule has 2 heterocycles. The molecule has 14 nitrogen and oxygen atoms in total. The van der Waals surface area contributed by atoms with Gasteiger partial charge in [0.15, 0.2) is 46.5 Å². The predicted molar refractivity (Wildman–Crippen MR) is 281 cm³/mol. The summed E-state index contributed by atoms with van der Waals surface area (Å²) >= 11 is 0. The Morgan fingerprint density at radius 3 is 0.965 bits per heavy atom. The summed E-state index contributed by atoms with van der Waals surface area (Å²) in [5, 5.41) is 66.3. The Morgan fingerprint density at radius 1 is 0.459 bits per heavy atom. The van der Waals surface area contributed by atoms with Crippen LogP contribution in [0.3, 0.4) is 0 Å². The monoisotopic (exact) mass is 1280 g/mol. The number of fused-ring (bicyclic) bond motifs is 2. The maximum atomic E-state index is 13.9. The zero-order valence-electron chi connectivity index (χ0n) is 47.1. The van der Waals surface area contributed by atoms with Gasteiger partial charge < -0.3 is 30.0 Å². The minimum absolute atomic E-state index is 0. The van der Waals surface area contributed by atoms with Crippen molar-refractivity contribution in [1.82, 2.24) is 30.0 Å². The number of hydrogen-bond acceptors (Lipinski definition) is 12. The van der Waals surface area contributed by atoms with Crippen LogP contribution in [0.1, 0.15) is 131 Å². The summed E-state index contributed by atoms with van der Waals surface area (Å²) in [6, 6.07) is 23.0. The molecule has 0 spiro atoms. The summed E-state index contributed by atoms with van der Waals surface area (Å²) in [6.07, 6.45) is 5.80. The zero-order chi connectivity index (χ0) is 61.8. The van der Waals surface area contributed by atoms with Crippen molar-refractivity contribution < 1.29 is 107 Å². The average Bonchev–Trinajstić information content (AvgIpc) is 4.20. The number of nitrogens with zero attached hydrogens (tertiary/aromatic N) is 8. The van der Waals surface area contributed by atoms with Gasteiger partial charge in [0.25, 0.3) is 0 Å². The molecule has 0 N–H and O–H groups in total. The van der Waals surface area contributed by atoms with E-state index in [2.05, 4.69) is 99.6 Å². The maximum absolute atomic E-state index is 13.9. The maximum Gasteiger partial charge on any atom is 2.00 e. The van der Waals surface area contributed by atoms with Gasteiger partial charge in [-0.05, 0) is 99.6 Å². The third kappa shape index (κ3) is 16.4. The number of carboxylic acid groups (broad SMARTS) is 2. The van der Waals surface area contributed by atoms with E-state index in [1.165, 1.54) is 9.59 Å². The summed E-state index contributed by atoms with van der Waals surface area (Å²) < 4.78 is 124. The normalized spacial score (nSPS) is 12.0. The molecule has 0 saturated heterocycles. The molecule has 8 aromatic rings. The SMILES string of the molecule is CC(C)(C)CC(C)(C)c1cc(C=NCCCN=Cc2cc(C(C)(C)CC(C)(C)C)cc(-n3nc4ccccc4n3)c2[O-])c([O-])c(-n2nc3ccccc3n2)c1.O=C([O-])c1c(F)c(F)c(F)c(F)c1F.O=C([O-])c1c(F)c(F)c(F)c(F)c1F.[Co+2].[Co+2]. The molecule has 2 radical (unpaired) electrons. The molecule has 0 aliphatic carbocycles. The van der Waals surface area contributed by atoms with Crippen molar-refractivity contribution in [1.29, 1.82) is 0 Å². The Balaban J connectivity index is 0.000000421. The van der Waals surface area contributed by atoms with Crippen molar-refractivity contribution in [2.24, 2.45) is 20.8 Å². The van der Waals surface area contributed by atoms with Crippen molar-refractivity contribution in [3.05, 3.63) is 164 Å². The number of benzene rings is 6. The Bertz CT molecular complexity index is 3470. The second-order valence-corrected chi connectivity index (χ2v) is 22.9. The molecule has 0 aliphatic heterocycles. The molecule has 85 heavy (non-hydrogen) atoms. The molecule has 0 fully saturated rings. The van der Waals surface area contributed by atoms with Crippen molar-refractivity contribution >= 4 is 46.4 Å². The largest absolute Gasteiger partial charge is 2.00 e. The predicted octanol–water partition coefficient (Wildman–Crippen LogP) is 10.1. The Morgan fingerprint density at radius 2 is 0.718 bits per heavy atom. The zero-order valence-corrected chi connectivity index (χ0v) is 49.2. The van der Waals surface area contributed by atoms with Gasteiger partial charge in [-0.25, -0.2) is 43.9 Å². The summed E-state index contributed by atoms with van der Waals surface area (Å²) in [4.78, 5) is 32.3. The van der Waals surface area contributed by atoms with Crippen LogP contribution in [0.25, 0.3) is 33.4 Å². The van der Waals surface area contributed by atoms with E-state index in [4.69, 9.17) is 0 Å². The first-order valence-electron chi connectivity index (χ1n) is 25.4. The van der Waals surface area contributed by atoms with Crippen LogP contribution in [0.4, 0.5) is 43.9 Å².